The van der Waals surface area contributed by atoms with Gasteiger partial charge < -0.3 is 10.2 Å². The Kier molecular flexibility index (Phi) is 7.93. The molecule has 9 heteroatoms. The first-order valence-electron chi connectivity index (χ1n) is 12.0. The van der Waals surface area contributed by atoms with Gasteiger partial charge in [-0.2, -0.15) is 0 Å². The van der Waals surface area contributed by atoms with Crippen LogP contribution in [0.15, 0.2) is 30.3 Å². The van der Waals surface area contributed by atoms with Gasteiger partial charge in [-0.05, 0) is 45.1 Å². The molecule has 2 aliphatic rings. The molecule has 2 aliphatic heterocycles. The van der Waals surface area contributed by atoms with E-state index in [0.717, 1.165) is 50.4 Å². The fourth-order valence-electron chi connectivity index (χ4n) is 4.50. The predicted molar refractivity (Wildman–Crippen MR) is 131 cm³/mol. The highest BCUT2D eigenvalue weighted by molar-refractivity contribution is 7.19. The number of carbonyl (C=O) groups excluding carboxylic acids is 2. The maximum Gasteiger partial charge on any atom is 0.242 e. The Morgan fingerprint density at radius 3 is 2.70 bits per heavy atom. The van der Waals surface area contributed by atoms with Crippen LogP contribution in [0.25, 0.3) is 0 Å². The lowest BCUT2D eigenvalue weighted by atomic mass is 10.1. The smallest absolute Gasteiger partial charge is 0.242 e. The molecule has 1 aromatic carbocycles. The molecule has 8 nitrogen and oxygen atoms in total. The minimum atomic E-state index is -0.217. The van der Waals surface area contributed by atoms with E-state index in [2.05, 4.69) is 58.5 Å². The van der Waals surface area contributed by atoms with E-state index in [1.54, 1.807) is 4.90 Å². The summed E-state index contributed by atoms with van der Waals surface area (Å²) >= 11 is 1.41. The molecule has 4 rings (SSSR count). The van der Waals surface area contributed by atoms with Gasteiger partial charge in [-0.15, -0.1) is 10.2 Å². The summed E-state index contributed by atoms with van der Waals surface area (Å²) < 4.78 is 0. The third-order valence-electron chi connectivity index (χ3n) is 6.39. The van der Waals surface area contributed by atoms with E-state index in [1.807, 2.05) is 11.0 Å². The van der Waals surface area contributed by atoms with Gasteiger partial charge in [0.1, 0.15) is 6.04 Å². The molecular weight excluding hydrogens is 436 g/mol. The topological polar surface area (TPSA) is 81.7 Å². The van der Waals surface area contributed by atoms with Crippen LogP contribution in [0, 0.1) is 0 Å². The molecule has 1 unspecified atom stereocenters. The zero-order valence-corrected chi connectivity index (χ0v) is 20.4. The maximum absolute atomic E-state index is 12.9. The molecule has 0 bridgehead atoms. The summed E-state index contributed by atoms with van der Waals surface area (Å²) in [5, 5.41) is 13.0. The summed E-state index contributed by atoms with van der Waals surface area (Å²) in [4.78, 5) is 31.1. The van der Waals surface area contributed by atoms with Crippen LogP contribution in [-0.4, -0.2) is 65.2 Å². The van der Waals surface area contributed by atoms with Crippen LogP contribution < -0.4 is 15.1 Å². The van der Waals surface area contributed by atoms with E-state index in [9.17, 15) is 9.59 Å². The number of aromatic nitrogens is 2. The number of nitrogens with one attached hydrogen (secondary N) is 1. The van der Waals surface area contributed by atoms with Crippen LogP contribution >= 0.6 is 11.3 Å². The van der Waals surface area contributed by atoms with Crippen molar-refractivity contribution in [2.75, 3.05) is 36.0 Å². The Morgan fingerprint density at radius 1 is 1.18 bits per heavy atom. The highest BCUT2D eigenvalue weighted by atomic mass is 32.1. The fraction of sp³-hybridized carbons (Fsp3) is 0.583. The molecule has 2 aromatic rings. The Hall–Kier alpha value is -2.52. The molecule has 178 valence electrons. The first-order chi connectivity index (χ1) is 16.0. The summed E-state index contributed by atoms with van der Waals surface area (Å²) in [6.07, 6.45) is 4.11. The molecule has 0 radical (unpaired) electrons. The van der Waals surface area contributed by atoms with Crippen LogP contribution in [-0.2, 0) is 16.1 Å². The highest BCUT2D eigenvalue weighted by Gasteiger charge is 2.34. The molecule has 1 atom stereocenters. The van der Waals surface area contributed by atoms with Gasteiger partial charge in [0, 0.05) is 45.2 Å². The fourth-order valence-corrected chi connectivity index (χ4v) is 5.47. The van der Waals surface area contributed by atoms with Crippen LogP contribution in [0.1, 0.15) is 51.5 Å². The minimum Gasteiger partial charge on any atom is -0.354 e. The zero-order chi connectivity index (χ0) is 23.2. The molecular formula is C24H34N6O2S. The number of anilines is 2. The van der Waals surface area contributed by atoms with Crippen LogP contribution in [0.4, 0.5) is 10.3 Å². The Labute approximate surface area is 200 Å². The van der Waals surface area contributed by atoms with Crippen LogP contribution in [0.2, 0.25) is 0 Å². The first-order valence-corrected chi connectivity index (χ1v) is 12.8. The first kappa shape index (κ1) is 23.6. The number of nitrogens with zero attached hydrogens (tertiary/aromatic N) is 5. The third kappa shape index (κ3) is 5.89. The Balaban J connectivity index is 1.26. The molecule has 1 aromatic heterocycles. The predicted octanol–water partition coefficient (Wildman–Crippen LogP) is 3.05. The monoisotopic (exact) mass is 470 g/mol. The van der Waals surface area contributed by atoms with Gasteiger partial charge in [0.25, 0.3) is 0 Å². The standard InChI is InChI=1S/C24H34N6O2S/c1-18(2)28(17-19-9-4-3-5-10-19)14-8-13-25-22(32)20-11-6-15-29(20)23-26-27-24(33-23)30-16-7-12-21(30)31/h3-5,9-10,18,20H,6-8,11-17H2,1-2H3,(H,25,32). The number of benzene rings is 1. The average Bonchev–Trinajstić information content (AvgIpc) is 3.56. The van der Waals surface area contributed by atoms with E-state index < -0.39 is 0 Å². The normalized spacial score (nSPS) is 18.7. The summed E-state index contributed by atoms with van der Waals surface area (Å²) in [5.74, 6) is 0.164. The van der Waals surface area contributed by atoms with Gasteiger partial charge in [-0.3, -0.25) is 19.4 Å². The molecule has 0 aliphatic carbocycles. The zero-order valence-electron chi connectivity index (χ0n) is 19.6. The number of amides is 2. The molecule has 2 fully saturated rings. The van der Waals surface area contributed by atoms with Gasteiger partial charge in [-0.1, -0.05) is 41.7 Å². The second kappa shape index (κ2) is 11.1. The minimum absolute atomic E-state index is 0.0562. The van der Waals surface area contributed by atoms with Crippen molar-refractivity contribution in [1.29, 1.82) is 0 Å². The number of rotatable bonds is 10. The van der Waals surface area contributed by atoms with Gasteiger partial charge in [0.05, 0.1) is 0 Å². The molecule has 3 heterocycles. The lowest BCUT2D eigenvalue weighted by Gasteiger charge is -2.27. The van der Waals surface area contributed by atoms with E-state index in [0.29, 0.717) is 30.7 Å². The van der Waals surface area contributed by atoms with Gasteiger partial charge >= 0.3 is 0 Å². The second-order valence-electron chi connectivity index (χ2n) is 9.06. The molecule has 2 amide bonds. The van der Waals surface area contributed by atoms with E-state index in [4.69, 9.17) is 0 Å². The third-order valence-corrected chi connectivity index (χ3v) is 7.37. The van der Waals surface area contributed by atoms with Crippen molar-refractivity contribution in [1.82, 2.24) is 20.4 Å². The highest BCUT2D eigenvalue weighted by Crippen LogP contribution is 2.33. The van der Waals surface area contributed by atoms with E-state index >= 15 is 0 Å². The SMILES string of the molecule is CC(C)N(CCCNC(=O)C1CCCN1c1nnc(N2CCCC2=O)s1)Cc1ccccc1. The van der Waals surface area contributed by atoms with Crippen LogP contribution in [0.3, 0.4) is 0 Å². The number of hydrogen-bond acceptors (Lipinski definition) is 7. The van der Waals surface area contributed by atoms with Crippen molar-refractivity contribution >= 4 is 33.4 Å². The van der Waals surface area contributed by atoms with Crippen molar-refractivity contribution in [2.45, 2.75) is 64.6 Å². The number of hydrogen-bond donors (Lipinski definition) is 1. The van der Waals surface area contributed by atoms with Crippen molar-refractivity contribution in [3.8, 4) is 0 Å². The van der Waals surface area contributed by atoms with E-state index in [-0.39, 0.29) is 17.9 Å². The molecule has 2 saturated heterocycles. The van der Waals surface area contributed by atoms with Crippen molar-refractivity contribution in [3.63, 3.8) is 0 Å². The van der Waals surface area contributed by atoms with E-state index in [1.165, 1.54) is 16.9 Å². The largest absolute Gasteiger partial charge is 0.354 e. The summed E-state index contributed by atoms with van der Waals surface area (Å²) in [5.41, 5.74) is 1.31. The van der Waals surface area contributed by atoms with Gasteiger partial charge in [-0.25, -0.2) is 0 Å². The summed E-state index contributed by atoms with van der Waals surface area (Å²) in [7, 11) is 0. The Morgan fingerprint density at radius 2 is 1.97 bits per heavy atom. The second-order valence-corrected chi connectivity index (χ2v) is 10.00. The van der Waals surface area contributed by atoms with Gasteiger partial charge in [0.2, 0.25) is 22.1 Å². The number of carbonyl (C=O) groups is 2. The lowest BCUT2D eigenvalue weighted by molar-refractivity contribution is -0.122. The average molecular weight is 471 g/mol. The van der Waals surface area contributed by atoms with Crippen molar-refractivity contribution in [3.05, 3.63) is 35.9 Å². The van der Waals surface area contributed by atoms with Crippen molar-refractivity contribution in [2.24, 2.45) is 0 Å². The Bertz CT molecular complexity index is 934. The lowest BCUT2D eigenvalue weighted by Crippen LogP contribution is -2.44. The molecule has 0 saturated carbocycles. The van der Waals surface area contributed by atoms with Crippen molar-refractivity contribution < 1.29 is 9.59 Å². The molecule has 0 spiro atoms. The van der Waals surface area contributed by atoms with Crippen LogP contribution in [0.5, 0.6) is 0 Å². The molecule has 33 heavy (non-hydrogen) atoms. The summed E-state index contributed by atoms with van der Waals surface area (Å²) in [6.45, 7) is 8.43. The quantitative estimate of drug-likeness (QED) is 0.538. The molecule has 1 N–H and O–H groups in total. The van der Waals surface area contributed by atoms with Gasteiger partial charge in [0.15, 0.2) is 0 Å². The summed E-state index contributed by atoms with van der Waals surface area (Å²) in [6, 6.07) is 10.7. The maximum atomic E-state index is 12.9.